The Labute approximate surface area is 319 Å². The highest BCUT2D eigenvalue weighted by atomic mass is 16.3. The van der Waals surface area contributed by atoms with E-state index < -0.39 is 0 Å². The molecule has 0 aliphatic rings. The van der Waals surface area contributed by atoms with Crippen LogP contribution < -0.4 is 0 Å². The van der Waals surface area contributed by atoms with Crippen LogP contribution in [-0.2, 0) is 0 Å². The van der Waals surface area contributed by atoms with Gasteiger partial charge >= 0.3 is 0 Å². The fraction of sp³-hybridized carbons (Fsp3) is 0. The Hall–Kier alpha value is -7.84. The second-order valence-electron chi connectivity index (χ2n) is 13.5. The molecule has 0 saturated heterocycles. The summed E-state index contributed by atoms with van der Waals surface area (Å²) in [5.74, 6) is 3.24. The van der Waals surface area contributed by atoms with Gasteiger partial charge in [0, 0.05) is 43.8 Å². The molecule has 7 aromatic carbocycles. The molecular formula is C48H28N6O2. The summed E-state index contributed by atoms with van der Waals surface area (Å²) in [6, 6.07) is 56.0. The third-order valence-electron chi connectivity index (χ3n) is 10.0. The molecule has 0 aliphatic heterocycles. The van der Waals surface area contributed by atoms with Crippen molar-refractivity contribution in [3.63, 3.8) is 0 Å². The van der Waals surface area contributed by atoms with Crippen molar-refractivity contribution in [2.45, 2.75) is 0 Å². The number of nitrogens with zero attached hydrogens (tertiary/aromatic N) is 6. The molecule has 11 rings (SSSR count). The minimum absolute atomic E-state index is 0.510. The molecule has 0 amide bonds. The van der Waals surface area contributed by atoms with Crippen molar-refractivity contribution in [3.05, 3.63) is 170 Å². The Balaban J connectivity index is 1.13. The molecule has 0 radical (unpaired) electrons. The molecule has 0 bridgehead atoms. The zero-order valence-electron chi connectivity index (χ0n) is 29.7. The zero-order valence-corrected chi connectivity index (χ0v) is 29.7. The summed E-state index contributed by atoms with van der Waals surface area (Å²) >= 11 is 0. The van der Waals surface area contributed by atoms with E-state index >= 15 is 0 Å². The number of fused-ring (bicyclic) bond motifs is 6. The molecule has 0 fully saturated rings. The maximum atomic E-state index is 6.73. The molecule has 4 aromatic heterocycles. The van der Waals surface area contributed by atoms with Gasteiger partial charge in [0.1, 0.15) is 22.3 Å². The Morgan fingerprint density at radius 3 is 1.23 bits per heavy atom. The zero-order chi connectivity index (χ0) is 37.0. The molecule has 8 nitrogen and oxygen atoms in total. The van der Waals surface area contributed by atoms with Crippen molar-refractivity contribution in [2.24, 2.45) is 0 Å². The van der Waals surface area contributed by atoms with Crippen molar-refractivity contribution < 1.29 is 8.83 Å². The van der Waals surface area contributed by atoms with Crippen LogP contribution in [0.3, 0.4) is 0 Å². The summed E-state index contributed by atoms with van der Waals surface area (Å²) in [5.41, 5.74) is 7.88. The number of hydrogen-bond acceptors (Lipinski definition) is 8. The van der Waals surface area contributed by atoms with E-state index in [9.17, 15) is 0 Å². The van der Waals surface area contributed by atoms with Crippen LogP contribution in [0.25, 0.3) is 112 Å². The van der Waals surface area contributed by atoms with Crippen molar-refractivity contribution in [3.8, 4) is 68.3 Å². The largest absolute Gasteiger partial charge is 0.455 e. The van der Waals surface area contributed by atoms with E-state index in [4.69, 9.17) is 38.7 Å². The summed E-state index contributed by atoms with van der Waals surface area (Å²) in [7, 11) is 0. The quantitative estimate of drug-likeness (QED) is 0.167. The van der Waals surface area contributed by atoms with E-state index in [0.717, 1.165) is 66.1 Å². The Morgan fingerprint density at radius 1 is 0.268 bits per heavy atom. The van der Waals surface area contributed by atoms with Gasteiger partial charge in [0.2, 0.25) is 0 Å². The molecule has 0 saturated carbocycles. The summed E-state index contributed by atoms with van der Waals surface area (Å²) in [5, 5.41) is 3.81. The summed E-state index contributed by atoms with van der Waals surface area (Å²) < 4.78 is 13.2. The minimum Gasteiger partial charge on any atom is -0.455 e. The Kier molecular flexibility index (Phi) is 7.31. The standard InChI is InChI=1S/C48H28N6O2/c1-4-15-29(16-5-1)43-49-44(30-17-6-2-7-18-30)52-47(51-43)37-26-13-23-34-40-35(24-14-28-39(40)56-42(34)37)46-50-45(31-19-8-3-9-20-31)53-48(54-46)36-25-12-22-33-32-21-10-11-27-38(32)55-41(33)36/h1-28H. The third kappa shape index (κ3) is 5.31. The third-order valence-corrected chi connectivity index (χ3v) is 10.0. The van der Waals surface area contributed by atoms with Crippen LogP contribution in [0.2, 0.25) is 0 Å². The number of benzene rings is 7. The lowest BCUT2D eigenvalue weighted by Crippen LogP contribution is -2.00. The van der Waals surface area contributed by atoms with Crippen LogP contribution in [0, 0.1) is 0 Å². The van der Waals surface area contributed by atoms with Crippen LogP contribution in [0.1, 0.15) is 0 Å². The van der Waals surface area contributed by atoms with Crippen LogP contribution in [0.4, 0.5) is 0 Å². The van der Waals surface area contributed by atoms with Crippen molar-refractivity contribution in [1.82, 2.24) is 29.9 Å². The maximum absolute atomic E-state index is 6.73. The second-order valence-corrected chi connectivity index (χ2v) is 13.5. The summed E-state index contributed by atoms with van der Waals surface area (Å²) in [6.45, 7) is 0. The highest BCUT2D eigenvalue weighted by Gasteiger charge is 2.22. The monoisotopic (exact) mass is 720 g/mol. The summed E-state index contributed by atoms with van der Waals surface area (Å²) in [6.07, 6.45) is 0. The van der Waals surface area contributed by atoms with Gasteiger partial charge < -0.3 is 8.83 Å². The summed E-state index contributed by atoms with van der Waals surface area (Å²) in [4.78, 5) is 30.2. The Morgan fingerprint density at radius 2 is 0.643 bits per heavy atom. The SMILES string of the molecule is c1ccc(-c2nc(-c3ccccc3)nc(-c3cccc4c3oc3cccc(-c5nc(-c6ccccc6)nc(-c6cccc7c6oc6ccccc67)n5)c34)n2)cc1. The molecule has 0 unspecified atom stereocenters. The Bertz CT molecular complexity index is 3190. The molecule has 11 aromatic rings. The van der Waals surface area contributed by atoms with E-state index in [1.807, 2.05) is 152 Å². The molecule has 0 atom stereocenters. The van der Waals surface area contributed by atoms with Crippen LogP contribution >= 0.6 is 0 Å². The predicted molar refractivity (Wildman–Crippen MR) is 220 cm³/mol. The first-order valence-electron chi connectivity index (χ1n) is 18.3. The highest BCUT2D eigenvalue weighted by molar-refractivity contribution is 6.15. The normalized spacial score (nSPS) is 11.6. The van der Waals surface area contributed by atoms with Gasteiger partial charge in [-0.3, -0.25) is 0 Å². The van der Waals surface area contributed by atoms with Crippen molar-refractivity contribution in [2.75, 3.05) is 0 Å². The average Bonchev–Trinajstić information content (AvgIpc) is 3.86. The van der Waals surface area contributed by atoms with E-state index in [0.29, 0.717) is 46.1 Å². The van der Waals surface area contributed by atoms with Gasteiger partial charge in [-0.2, -0.15) is 0 Å². The van der Waals surface area contributed by atoms with Crippen LogP contribution in [0.15, 0.2) is 179 Å². The second kappa shape index (κ2) is 12.9. The fourth-order valence-corrected chi connectivity index (χ4v) is 7.40. The van der Waals surface area contributed by atoms with Gasteiger partial charge in [0.25, 0.3) is 0 Å². The van der Waals surface area contributed by atoms with Gasteiger partial charge in [-0.15, -0.1) is 0 Å². The van der Waals surface area contributed by atoms with E-state index in [2.05, 4.69) is 18.2 Å². The lowest BCUT2D eigenvalue weighted by molar-refractivity contribution is 0.669. The van der Waals surface area contributed by atoms with Gasteiger partial charge in [-0.1, -0.05) is 146 Å². The van der Waals surface area contributed by atoms with E-state index in [-0.39, 0.29) is 0 Å². The van der Waals surface area contributed by atoms with Gasteiger partial charge in [0.15, 0.2) is 34.9 Å². The lowest BCUT2D eigenvalue weighted by Gasteiger charge is -2.10. The molecule has 262 valence electrons. The van der Waals surface area contributed by atoms with Crippen molar-refractivity contribution in [1.29, 1.82) is 0 Å². The molecule has 4 heterocycles. The predicted octanol–water partition coefficient (Wildman–Crippen LogP) is 11.9. The van der Waals surface area contributed by atoms with Crippen LogP contribution in [-0.4, -0.2) is 29.9 Å². The topological polar surface area (TPSA) is 104 Å². The molecule has 8 heteroatoms. The van der Waals surface area contributed by atoms with Crippen LogP contribution in [0.5, 0.6) is 0 Å². The first-order chi connectivity index (χ1) is 27.7. The average molecular weight is 721 g/mol. The van der Waals surface area contributed by atoms with Gasteiger partial charge in [-0.25, -0.2) is 29.9 Å². The number of para-hydroxylation sites is 3. The molecule has 0 spiro atoms. The molecular weight excluding hydrogens is 693 g/mol. The number of furan rings is 2. The first-order valence-corrected chi connectivity index (χ1v) is 18.3. The highest BCUT2D eigenvalue weighted by Crippen LogP contribution is 2.41. The fourth-order valence-electron chi connectivity index (χ4n) is 7.40. The van der Waals surface area contributed by atoms with Gasteiger partial charge in [0.05, 0.1) is 11.1 Å². The first kappa shape index (κ1) is 31.7. The number of hydrogen-bond donors (Lipinski definition) is 0. The maximum Gasteiger partial charge on any atom is 0.167 e. The lowest BCUT2D eigenvalue weighted by atomic mass is 10.0. The number of aromatic nitrogens is 6. The van der Waals surface area contributed by atoms with Gasteiger partial charge in [-0.05, 0) is 24.3 Å². The molecule has 0 aliphatic carbocycles. The van der Waals surface area contributed by atoms with Crippen molar-refractivity contribution >= 4 is 43.9 Å². The smallest absolute Gasteiger partial charge is 0.167 e. The minimum atomic E-state index is 0.510. The number of rotatable bonds is 6. The molecule has 0 N–H and O–H groups in total. The molecule has 56 heavy (non-hydrogen) atoms. The van der Waals surface area contributed by atoms with E-state index in [1.165, 1.54) is 0 Å². The van der Waals surface area contributed by atoms with E-state index in [1.54, 1.807) is 0 Å².